The molecular formula is C14H19N3O4. The van der Waals surface area contributed by atoms with Gasteiger partial charge in [-0.15, -0.1) is 0 Å². The van der Waals surface area contributed by atoms with E-state index in [1.807, 2.05) is 0 Å². The van der Waals surface area contributed by atoms with Crippen LogP contribution in [0.4, 0.5) is 5.82 Å². The second-order valence-electron chi connectivity index (χ2n) is 5.48. The van der Waals surface area contributed by atoms with Gasteiger partial charge in [-0.1, -0.05) is 6.92 Å². The molecule has 1 aromatic rings. The number of carbonyl (C=O) groups excluding carboxylic acids is 1. The number of carboxylic acids is 1. The maximum atomic E-state index is 11.7. The van der Waals surface area contributed by atoms with E-state index in [1.54, 1.807) is 0 Å². The molecular weight excluding hydrogens is 274 g/mol. The molecule has 7 nitrogen and oxygen atoms in total. The molecule has 1 heterocycles. The van der Waals surface area contributed by atoms with Gasteiger partial charge in [0, 0.05) is 0 Å². The van der Waals surface area contributed by atoms with Crippen molar-refractivity contribution in [2.75, 3.05) is 12.4 Å². The molecule has 114 valence electrons. The van der Waals surface area contributed by atoms with E-state index < -0.39 is 17.5 Å². The Bertz CT molecular complexity index is 539. The van der Waals surface area contributed by atoms with Crippen molar-refractivity contribution in [3.8, 4) is 0 Å². The summed E-state index contributed by atoms with van der Waals surface area (Å²) in [4.78, 5) is 31.1. The zero-order valence-corrected chi connectivity index (χ0v) is 12.1. The Balaban J connectivity index is 2.22. The predicted octanol–water partition coefficient (Wildman–Crippen LogP) is 1.71. The Morgan fingerprint density at radius 1 is 1.38 bits per heavy atom. The predicted molar refractivity (Wildman–Crippen MR) is 75.0 cm³/mol. The van der Waals surface area contributed by atoms with Crippen LogP contribution in [0.1, 0.15) is 43.1 Å². The minimum absolute atomic E-state index is 0.0483. The number of hydrogen-bond acceptors (Lipinski definition) is 6. The number of nitrogens with zero attached hydrogens (tertiary/aromatic N) is 2. The molecule has 0 atom stereocenters. The second-order valence-corrected chi connectivity index (χ2v) is 5.48. The van der Waals surface area contributed by atoms with Crippen LogP contribution in [-0.2, 0) is 9.53 Å². The molecule has 0 saturated heterocycles. The summed E-state index contributed by atoms with van der Waals surface area (Å²) in [7, 11) is 1.26. The van der Waals surface area contributed by atoms with Gasteiger partial charge in [-0.3, -0.25) is 4.98 Å². The van der Waals surface area contributed by atoms with E-state index in [2.05, 4.69) is 26.9 Å². The molecule has 0 bridgehead atoms. The number of esters is 1. The smallest absolute Gasteiger partial charge is 0.358 e. The first-order chi connectivity index (χ1) is 9.97. The fourth-order valence-corrected chi connectivity index (χ4v) is 2.52. The molecule has 0 radical (unpaired) electrons. The van der Waals surface area contributed by atoms with E-state index in [9.17, 15) is 14.7 Å². The third-order valence-electron chi connectivity index (χ3n) is 3.93. The summed E-state index contributed by atoms with van der Waals surface area (Å²) in [6, 6.07) is 0. The van der Waals surface area contributed by atoms with Gasteiger partial charge in [-0.05, 0) is 31.6 Å². The van der Waals surface area contributed by atoms with Crippen LogP contribution in [0.5, 0.6) is 0 Å². The van der Waals surface area contributed by atoms with Gasteiger partial charge in [-0.25, -0.2) is 14.6 Å². The number of aromatic nitrogens is 2. The molecule has 0 aliphatic heterocycles. The lowest BCUT2D eigenvalue weighted by molar-refractivity contribution is -0.143. The fraction of sp³-hybridized carbons (Fsp3) is 0.571. The summed E-state index contributed by atoms with van der Waals surface area (Å²) in [5.41, 5.74) is -0.997. The number of carbonyl (C=O) groups is 2. The van der Waals surface area contributed by atoms with Crippen molar-refractivity contribution < 1.29 is 19.4 Å². The third-order valence-corrected chi connectivity index (χ3v) is 3.93. The van der Waals surface area contributed by atoms with E-state index in [4.69, 9.17) is 0 Å². The Morgan fingerprint density at radius 3 is 2.62 bits per heavy atom. The van der Waals surface area contributed by atoms with Crippen LogP contribution in [-0.4, -0.2) is 39.7 Å². The number of aliphatic carboxylic acids is 1. The molecule has 1 fully saturated rings. The van der Waals surface area contributed by atoms with E-state index in [0.717, 1.165) is 12.8 Å². The van der Waals surface area contributed by atoms with Crippen LogP contribution in [0.2, 0.25) is 0 Å². The number of hydrogen-bond donors (Lipinski definition) is 2. The lowest BCUT2D eigenvalue weighted by Gasteiger charge is -2.36. The number of anilines is 1. The molecule has 1 saturated carbocycles. The highest BCUT2D eigenvalue weighted by Crippen LogP contribution is 2.34. The van der Waals surface area contributed by atoms with Gasteiger partial charge in [-0.2, -0.15) is 0 Å². The molecule has 21 heavy (non-hydrogen) atoms. The van der Waals surface area contributed by atoms with Crippen molar-refractivity contribution >= 4 is 17.8 Å². The van der Waals surface area contributed by atoms with E-state index in [-0.39, 0.29) is 11.5 Å². The average molecular weight is 293 g/mol. The quantitative estimate of drug-likeness (QED) is 0.815. The lowest BCUT2D eigenvalue weighted by Crippen LogP contribution is -2.49. The normalized spacial score (nSPS) is 25.1. The van der Waals surface area contributed by atoms with Gasteiger partial charge in [0.05, 0.1) is 19.5 Å². The van der Waals surface area contributed by atoms with E-state index >= 15 is 0 Å². The summed E-state index contributed by atoms with van der Waals surface area (Å²) in [6.45, 7) is 2.11. The molecule has 2 rings (SSSR count). The summed E-state index contributed by atoms with van der Waals surface area (Å²) in [5, 5.41) is 12.5. The molecule has 2 N–H and O–H groups in total. The van der Waals surface area contributed by atoms with E-state index in [1.165, 1.54) is 19.5 Å². The number of rotatable bonds is 4. The maximum absolute atomic E-state index is 11.7. The lowest BCUT2D eigenvalue weighted by atomic mass is 9.77. The zero-order valence-electron chi connectivity index (χ0n) is 12.1. The van der Waals surface area contributed by atoms with Gasteiger partial charge >= 0.3 is 11.9 Å². The van der Waals surface area contributed by atoms with Crippen molar-refractivity contribution in [2.24, 2.45) is 5.92 Å². The first-order valence-electron chi connectivity index (χ1n) is 6.89. The highest BCUT2D eigenvalue weighted by molar-refractivity contribution is 5.87. The van der Waals surface area contributed by atoms with Crippen molar-refractivity contribution in [2.45, 2.75) is 38.1 Å². The minimum Gasteiger partial charge on any atom is -0.480 e. The summed E-state index contributed by atoms with van der Waals surface area (Å²) >= 11 is 0. The van der Waals surface area contributed by atoms with Gasteiger partial charge in [0.1, 0.15) is 11.4 Å². The number of nitrogens with one attached hydrogen (secondary N) is 1. The van der Waals surface area contributed by atoms with Gasteiger partial charge in [0.15, 0.2) is 5.69 Å². The molecule has 1 aliphatic carbocycles. The van der Waals surface area contributed by atoms with Gasteiger partial charge < -0.3 is 15.2 Å². The van der Waals surface area contributed by atoms with Gasteiger partial charge in [0.2, 0.25) is 0 Å². The summed E-state index contributed by atoms with van der Waals surface area (Å²) in [6.07, 6.45) is 5.41. The average Bonchev–Trinajstić information content (AvgIpc) is 2.49. The fourth-order valence-electron chi connectivity index (χ4n) is 2.52. The number of methoxy groups -OCH3 is 1. The first kappa shape index (κ1) is 15.2. The van der Waals surface area contributed by atoms with Crippen LogP contribution in [0.15, 0.2) is 12.4 Å². The molecule has 0 aromatic carbocycles. The monoisotopic (exact) mass is 293 g/mol. The van der Waals surface area contributed by atoms with Gasteiger partial charge in [0.25, 0.3) is 0 Å². The van der Waals surface area contributed by atoms with Crippen molar-refractivity contribution in [3.63, 3.8) is 0 Å². The van der Waals surface area contributed by atoms with Crippen LogP contribution < -0.4 is 5.32 Å². The second kappa shape index (κ2) is 6.07. The molecule has 1 aromatic heterocycles. The van der Waals surface area contributed by atoms with Crippen LogP contribution in [0.25, 0.3) is 0 Å². The van der Waals surface area contributed by atoms with E-state index in [0.29, 0.717) is 18.8 Å². The Morgan fingerprint density at radius 2 is 2.05 bits per heavy atom. The Labute approximate surface area is 122 Å². The molecule has 0 spiro atoms. The van der Waals surface area contributed by atoms with Crippen LogP contribution >= 0.6 is 0 Å². The Hall–Kier alpha value is -2.18. The first-order valence-corrected chi connectivity index (χ1v) is 6.89. The third kappa shape index (κ3) is 3.29. The highest BCUT2D eigenvalue weighted by atomic mass is 16.5. The minimum atomic E-state index is -1.05. The maximum Gasteiger partial charge on any atom is 0.358 e. The molecule has 7 heteroatoms. The van der Waals surface area contributed by atoms with Crippen molar-refractivity contribution in [3.05, 3.63) is 18.1 Å². The zero-order chi connectivity index (χ0) is 15.5. The van der Waals surface area contributed by atoms with Crippen molar-refractivity contribution in [1.29, 1.82) is 0 Å². The SMILES string of the molecule is COC(=O)c1cncc(NC2(C(=O)O)CCC(C)CC2)n1. The number of ether oxygens (including phenoxy) is 1. The standard InChI is InChI=1S/C14H19N3O4/c1-9-3-5-14(6-4-9,13(19)20)17-11-8-15-7-10(16-11)12(18)21-2/h7-9H,3-6H2,1-2H3,(H,16,17)(H,19,20). The summed E-state index contributed by atoms with van der Waals surface area (Å²) < 4.78 is 4.58. The highest BCUT2D eigenvalue weighted by Gasteiger charge is 2.41. The topological polar surface area (TPSA) is 101 Å². The summed E-state index contributed by atoms with van der Waals surface area (Å²) in [5.74, 6) is -0.714. The van der Waals surface area contributed by atoms with Crippen LogP contribution in [0.3, 0.4) is 0 Å². The van der Waals surface area contributed by atoms with Crippen LogP contribution in [0, 0.1) is 5.92 Å². The Kier molecular flexibility index (Phi) is 4.40. The molecule has 0 unspecified atom stereocenters. The largest absolute Gasteiger partial charge is 0.480 e. The number of carboxylic acid groups (broad SMARTS) is 1. The van der Waals surface area contributed by atoms with Crippen molar-refractivity contribution in [1.82, 2.24) is 9.97 Å². The molecule has 0 amide bonds. The molecule has 1 aliphatic rings.